The van der Waals surface area contributed by atoms with Gasteiger partial charge in [0.25, 0.3) is 5.91 Å². The maximum Gasteiger partial charge on any atom is 0.257 e. The van der Waals surface area contributed by atoms with E-state index in [9.17, 15) is 4.79 Å². The Morgan fingerprint density at radius 2 is 2.00 bits per heavy atom. The second-order valence-electron chi connectivity index (χ2n) is 4.53. The molecule has 4 nitrogen and oxygen atoms in total. The SMILES string of the molecule is Cc1ccc2cccc(NC(=O)c3cccnc3)c2n1. The summed E-state index contributed by atoms with van der Waals surface area (Å²) in [6.07, 6.45) is 3.18. The molecular weight excluding hydrogens is 250 g/mol. The third-order valence-electron chi connectivity index (χ3n) is 3.03. The van der Waals surface area contributed by atoms with Gasteiger partial charge in [0, 0.05) is 23.5 Å². The topological polar surface area (TPSA) is 54.9 Å². The van der Waals surface area contributed by atoms with Gasteiger partial charge in [-0.1, -0.05) is 18.2 Å². The van der Waals surface area contributed by atoms with Gasteiger partial charge in [0.05, 0.1) is 16.8 Å². The van der Waals surface area contributed by atoms with E-state index in [2.05, 4.69) is 15.3 Å². The minimum atomic E-state index is -0.186. The van der Waals surface area contributed by atoms with Crippen molar-refractivity contribution in [3.8, 4) is 0 Å². The van der Waals surface area contributed by atoms with Crippen molar-refractivity contribution in [2.24, 2.45) is 0 Å². The molecule has 0 unspecified atom stereocenters. The molecule has 20 heavy (non-hydrogen) atoms. The number of carbonyl (C=O) groups excluding carboxylic acids is 1. The molecule has 0 spiro atoms. The Balaban J connectivity index is 1.99. The summed E-state index contributed by atoms with van der Waals surface area (Å²) in [5.41, 5.74) is 2.95. The Morgan fingerprint density at radius 3 is 2.80 bits per heavy atom. The number of benzene rings is 1. The van der Waals surface area contributed by atoms with E-state index in [1.807, 2.05) is 37.3 Å². The Morgan fingerprint density at radius 1 is 1.10 bits per heavy atom. The fourth-order valence-corrected chi connectivity index (χ4v) is 2.04. The van der Waals surface area contributed by atoms with Crippen molar-refractivity contribution in [2.75, 3.05) is 5.32 Å². The van der Waals surface area contributed by atoms with Crippen molar-refractivity contribution >= 4 is 22.5 Å². The van der Waals surface area contributed by atoms with Crippen molar-refractivity contribution in [3.63, 3.8) is 0 Å². The van der Waals surface area contributed by atoms with Crippen LogP contribution in [-0.2, 0) is 0 Å². The molecule has 0 aliphatic heterocycles. The number of rotatable bonds is 2. The number of nitrogens with one attached hydrogen (secondary N) is 1. The molecule has 0 atom stereocenters. The van der Waals surface area contributed by atoms with Crippen molar-refractivity contribution in [2.45, 2.75) is 6.92 Å². The molecule has 0 aliphatic carbocycles. The van der Waals surface area contributed by atoms with Gasteiger partial charge in [0.1, 0.15) is 0 Å². The molecular formula is C16H13N3O. The average molecular weight is 263 g/mol. The average Bonchev–Trinajstić information content (AvgIpc) is 2.49. The zero-order chi connectivity index (χ0) is 13.9. The van der Waals surface area contributed by atoms with Gasteiger partial charge in [0.15, 0.2) is 0 Å². The summed E-state index contributed by atoms with van der Waals surface area (Å²) >= 11 is 0. The van der Waals surface area contributed by atoms with Gasteiger partial charge >= 0.3 is 0 Å². The summed E-state index contributed by atoms with van der Waals surface area (Å²) in [6, 6.07) is 13.1. The highest BCUT2D eigenvalue weighted by molar-refractivity contribution is 6.08. The molecule has 3 aromatic rings. The number of anilines is 1. The van der Waals surface area contributed by atoms with E-state index >= 15 is 0 Å². The lowest BCUT2D eigenvalue weighted by Gasteiger charge is -2.08. The van der Waals surface area contributed by atoms with Gasteiger partial charge in [-0.15, -0.1) is 0 Å². The van der Waals surface area contributed by atoms with Crippen molar-refractivity contribution in [1.82, 2.24) is 9.97 Å². The molecule has 0 aliphatic rings. The number of hydrogen-bond acceptors (Lipinski definition) is 3. The lowest BCUT2D eigenvalue weighted by Crippen LogP contribution is -2.12. The second kappa shape index (κ2) is 5.09. The quantitative estimate of drug-likeness (QED) is 0.772. The third-order valence-corrected chi connectivity index (χ3v) is 3.03. The Labute approximate surface area is 116 Å². The van der Waals surface area contributed by atoms with Crippen LogP contribution in [0.4, 0.5) is 5.69 Å². The zero-order valence-electron chi connectivity index (χ0n) is 11.0. The first kappa shape index (κ1) is 12.3. The van der Waals surface area contributed by atoms with Crippen LogP contribution in [0.3, 0.4) is 0 Å². The normalized spacial score (nSPS) is 10.4. The summed E-state index contributed by atoms with van der Waals surface area (Å²) in [4.78, 5) is 20.6. The molecule has 0 fully saturated rings. The number of aryl methyl sites for hydroxylation is 1. The number of hydrogen-bond donors (Lipinski definition) is 1. The molecule has 0 saturated carbocycles. The standard InChI is InChI=1S/C16H13N3O/c1-11-7-8-12-4-2-6-14(15(12)18-11)19-16(20)13-5-3-9-17-10-13/h2-10H,1H3,(H,19,20). The summed E-state index contributed by atoms with van der Waals surface area (Å²) in [5.74, 6) is -0.186. The van der Waals surface area contributed by atoms with Crippen LogP contribution >= 0.6 is 0 Å². The molecule has 1 amide bonds. The molecule has 1 N–H and O–H groups in total. The molecule has 2 aromatic heterocycles. The predicted octanol–water partition coefficient (Wildman–Crippen LogP) is 3.19. The Kier molecular flexibility index (Phi) is 3.13. The van der Waals surface area contributed by atoms with Crippen LogP contribution in [-0.4, -0.2) is 15.9 Å². The fourth-order valence-electron chi connectivity index (χ4n) is 2.04. The largest absolute Gasteiger partial charge is 0.320 e. The van der Waals surface area contributed by atoms with Crippen molar-refractivity contribution in [1.29, 1.82) is 0 Å². The summed E-state index contributed by atoms with van der Waals surface area (Å²) in [5, 5.41) is 3.89. The van der Waals surface area contributed by atoms with E-state index in [0.717, 1.165) is 16.6 Å². The predicted molar refractivity (Wildman–Crippen MR) is 78.7 cm³/mol. The van der Waals surface area contributed by atoms with E-state index in [1.54, 1.807) is 24.5 Å². The molecule has 4 heteroatoms. The van der Waals surface area contributed by atoms with Crippen molar-refractivity contribution < 1.29 is 4.79 Å². The van der Waals surface area contributed by atoms with Gasteiger partial charge < -0.3 is 5.32 Å². The first-order valence-corrected chi connectivity index (χ1v) is 6.32. The zero-order valence-corrected chi connectivity index (χ0v) is 11.0. The lowest BCUT2D eigenvalue weighted by atomic mass is 10.1. The van der Waals surface area contributed by atoms with Crippen LogP contribution in [0.15, 0.2) is 54.9 Å². The number of para-hydroxylation sites is 1. The number of pyridine rings is 2. The second-order valence-corrected chi connectivity index (χ2v) is 4.53. The number of aromatic nitrogens is 2. The van der Waals surface area contributed by atoms with Crippen LogP contribution in [0.2, 0.25) is 0 Å². The third kappa shape index (κ3) is 2.36. The van der Waals surface area contributed by atoms with E-state index in [0.29, 0.717) is 11.3 Å². The number of fused-ring (bicyclic) bond motifs is 1. The van der Waals surface area contributed by atoms with Crippen LogP contribution in [0, 0.1) is 6.92 Å². The lowest BCUT2D eigenvalue weighted by molar-refractivity contribution is 0.102. The van der Waals surface area contributed by atoms with Gasteiger partial charge in [-0.05, 0) is 31.2 Å². The Hall–Kier alpha value is -2.75. The maximum atomic E-state index is 12.2. The highest BCUT2D eigenvalue weighted by Crippen LogP contribution is 2.22. The number of nitrogens with zero attached hydrogens (tertiary/aromatic N) is 2. The van der Waals surface area contributed by atoms with Crippen LogP contribution in [0.25, 0.3) is 10.9 Å². The van der Waals surface area contributed by atoms with Crippen LogP contribution < -0.4 is 5.32 Å². The molecule has 3 rings (SSSR count). The Bertz CT molecular complexity index is 769. The highest BCUT2D eigenvalue weighted by atomic mass is 16.1. The maximum absolute atomic E-state index is 12.2. The summed E-state index contributed by atoms with van der Waals surface area (Å²) < 4.78 is 0. The molecule has 0 saturated heterocycles. The molecule has 0 bridgehead atoms. The molecule has 98 valence electrons. The van der Waals surface area contributed by atoms with E-state index < -0.39 is 0 Å². The van der Waals surface area contributed by atoms with E-state index in [1.165, 1.54) is 0 Å². The summed E-state index contributed by atoms with van der Waals surface area (Å²) in [7, 11) is 0. The minimum Gasteiger partial charge on any atom is -0.320 e. The van der Waals surface area contributed by atoms with E-state index in [4.69, 9.17) is 0 Å². The summed E-state index contributed by atoms with van der Waals surface area (Å²) in [6.45, 7) is 1.93. The van der Waals surface area contributed by atoms with Gasteiger partial charge in [-0.25, -0.2) is 0 Å². The number of amides is 1. The van der Waals surface area contributed by atoms with Gasteiger partial charge in [-0.2, -0.15) is 0 Å². The minimum absolute atomic E-state index is 0.186. The van der Waals surface area contributed by atoms with Gasteiger partial charge in [-0.3, -0.25) is 14.8 Å². The first-order valence-electron chi connectivity index (χ1n) is 6.32. The molecule has 1 aromatic carbocycles. The molecule has 0 radical (unpaired) electrons. The first-order chi connectivity index (χ1) is 9.74. The smallest absolute Gasteiger partial charge is 0.257 e. The van der Waals surface area contributed by atoms with E-state index in [-0.39, 0.29) is 5.91 Å². The van der Waals surface area contributed by atoms with Gasteiger partial charge in [0.2, 0.25) is 0 Å². The monoisotopic (exact) mass is 263 g/mol. The fraction of sp³-hybridized carbons (Fsp3) is 0.0625. The van der Waals surface area contributed by atoms with Crippen LogP contribution in [0.5, 0.6) is 0 Å². The number of carbonyl (C=O) groups is 1. The van der Waals surface area contributed by atoms with Crippen LogP contribution in [0.1, 0.15) is 16.1 Å². The molecule has 2 heterocycles. The van der Waals surface area contributed by atoms with Crippen molar-refractivity contribution in [3.05, 3.63) is 66.1 Å². The highest BCUT2D eigenvalue weighted by Gasteiger charge is 2.09.